The van der Waals surface area contributed by atoms with Crippen molar-refractivity contribution < 1.29 is 18.0 Å². The van der Waals surface area contributed by atoms with Gasteiger partial charge >= 0.3 is 0 Å². The molecule has 0 atom stereocenters. The Hall–Kier alpha value is -2.91. The van der Waals surface area contributed by atoms with Gasteiger partial charge in [0, 0.05) is 36.6 Å². The minimum absolute atomic E-state index is 0.0137. The van der Waals surface area contributed by atoms with Crippen LogP contribution in [0.5, 0.6) is 0 Å². The Labute approximate surface area is 190 Å². The lowest BCUT2D eigenvalue weighted by Gasteiger charge is -2.19. The maximum atomic E-state index is 12.7. The third-order valence-electron chi connectivity index (χ3n) is 4.99. The zero-order valence-electron chi connectivity index (χ0n) is 19.1. The number of hydrogen-bond donors (Lipinski definition) is 3. The van der Waals surface area contributed by atoms with Crippen LogP contribution in [0.15, 0.2) is 47.4 Å². The molecule has 2 rings (SSSR count). The summed E-state index contributed by atoms with van der Waals surface area (Å²) in [6.07, 6.45) is 1.21. The molecule has 0 aliphatic carbocycles. The van der Waals surface area contributed by atoms with Crippen molar-refractivity contribution in [3.63, 3.8) is 0 Å². The Morgan fingerprint density at radius 2 is 1.56 bits per heavy atom. The van der Waals surface area contributed by atoms with E-state index in [1.54, 1.807) is 32.0 Å². The Bertz CT molecular complexity index is 1050. The van der Waals surface area contributed by atoms with Crippen LogP contribution in [0.1, 0.15) is 39.2 Å². The average Bonchev–Trinajstić information content (AvgIpc) is 2.75. The summed E-state index contributed by atoms with van der Waals surface area (Å²) >= 11 is 0. The maximum absolute atomic E-state index is 12.7. The van der Waals surface area contributed by atoms with Gasteiger partial charge in [-0.05, 0) is 49.2 Å². The first-order valence-electron chi connectivity index (χ1n) is 10.8. The molecule has 0 aliphatic heterocycles. The molecule has 8 nitrogen and oxygen atoms in total. The Morgan fingerprint density at radius 3 is 2.22 bits per heavy atom. The summed E-state index contributed by atoms with van der Waals surface area (Å²) in [6.45, 7) is 8.10. The van der Waals surface area contributed by atoms with Gasteiger partial charge in [0.2, 0.25) is 21.8 Å². The number of anilines is 3. The Morgan fingerprint density at radius 1 is 0.906 bits per heavy atom. The van der Waals surface area contributed by atoms with Crippen molar-refractivity contribution in [2.45, 2.75) is 45.4 Å². The number of amides is 2. The van der Waals surface area contributed by atoms with E-state index in [1.165, 1.54) is 16.4 Å². The molecule has 2 aromatic carbocycles. The average molecular weight is 461 g/mol. The molecule has 3 N–H and O–H groups in total. The van der Waals surface area contributed by atoms with E-state index in [0.29, 0.717) is 30.9 Å². The van der Waals surface area contributed by atoms with Crippen molar-refractivity contribution in [3.8, 4) is 0 Å². The largest absolute Gasteiger partial charge is 0.376 e. The fourth-order valence-corrected chi connectivity index (χ4v) is 4.73. The highest BCUT2D eigenvalue weighted by molar-refractivity contribution is 7.89. The smallest absolute Gasteiger partial charge is 0.243 e. The van der Waals surface area contributed by atoms with Crippen molar-refractivity contribution in [2.24, 2.45) is 0 Å². The predicted octanol–water partition coefficient (Wildman–Crippen LogP) is 3.81. The molecule has 0 bridgehead atoms. The second kappa shape index (κ2) is 11.6. The van der Waals surface area contributed by atoms with Gasteiger partial charge in [-0.1, -0.05) is 32.9 Å². The summed E-state index contributed by atoms with van der Waals surface area (Å²) in [5.41, 5.74) is 2.66. The van der Waals surface area contributed by atoms with Crippen molar-refractivity contribution >= 4 is 38.9 Å². The van der Waals surface area contributed by atoms with Gasteiger partial charge in [-0.15, -0.1) is 0 Å². The zero-order chi connectivity index (χ0) is 23.7. The summed E-state index contributed by atoms with van der Waals surface area (Å²) in [6, 6.07) is 11.7. The van der Waals surface area contributed by atoms with E-state index in [4.69, 9.17) is 0 Å². The van der Waals surface area contributed by atoms with Crippen LogP contribution < -0.4 is 16.0 Å². The van der Waals surface area contributed by atoms with E-state index in [2.05, 4.69) is 16.0 Å². The number of carbonyl (C=O) groups excluding carboxylic acids is 2. The maximum Gasteiger partial charge on any atom is 0.243 e. The van der Waals surface area contributed by atoms with Gasteiger partial charge in [0.15, 0.2) is 0 Å². The highest BCUT2D eigenvalue weighted by atomic mass is 32.2. The topological polar surface area (TPSA) is 108 Å². The van der Waals surface area contributed by atoms with Crippen LogP contribution in [0.4, 0.5) is 17.1 Å². The molecule has 2 amide bonds. The Balaban J connectivity index is 2.05. The van der Waals surface area contributed by atoms with E-state index in [0.717, 1.165) is 17.7 Å². The molecule has 0 saturated heterocycles. The van der Waals surface area contributed by atoms with Crippen molar-refractivity contribution in [2.75, 3.05) is 35.6 Å². The summed E-state index contributed by atoms with van der Waals surface area (Å²) in [5, 5.41) is 8.68. The number of benzene rings is 2. The first kappa shape index (κ1) is 25.4. The van der Waals surface area contributed by atoms with Gasteiger partial charge in [-0.3, -0.25) is 9.59 Å². The summed E-state index contributed by atoms with van der Waals surface area (Å²) in [7, 11) is -3.61. The van der Waals surface area contributed by atoms with Crippen LogP contribution in [0, 0.1) is 6.92 Å². The normalized spacial score (nSPS) is 11.3. The number of nitrogens with zero attached hydrogens (tertiary/aromatic N) is 1. The predicted molar refractivity (Wildman–Crippen MR) is 128 cm³/mol. The van der Waals surface area contributed by atoms with Gasteiger partial charge < -0.3 is 16.0 Å². The summed E-state index contributed by atoms with van der Waals surface area (Å²) in [4.78, 5) is 24.5. The number of sulfonamides is 1. The van der Waals surface area contributed by atoms with Gasteiger partial charge in [0.25, 0.3) is 0 Å². The van der Waals surface area contributed by atoms with Crippen LogP contribution in [0.25, 0.3) is 0 Å². The summed E-state index contributed by atoms with van der Waals surface area (Å²) in [5.74, 6) is -0.368. The highest BCUT2D eigenvalue weighted by Gasteiger charge is 2.21. The van der Waals surface area contributed by atoms with Crippen molar-refractivity contribution in [3.05, 3.63) is 48.0 Å². The standard InChI is InChI=1S/C23H32N4O4S/c1-5-10-22(28)26-21-14-9-13-20(17(21)4)24-16-23(29)25-18-11-8-12-19(15-18)32(30,31)27(6-2)7-3/h8-9,11-15,24H,5-7,10,16H2,1-4H3,(H,25,29)(H,26,28). The lowest BCUT2D eigenvalue weighted by molar-refractivity contribution is -0.116. The summed E-state index contributed by atoms with van der Waals surface area (Å²) < 4.78 is 26.8. The molecular formula is C23H32N4O4S. The highest BCUT2D eigenvalue weighted by Crippen LogP contribution is 2.24. The monoisotopic (exact) mass is 460 g/mol. The first-order chi connectivity index (χ1) is 15.2. The molecule has 0 aliphatic rings. The fraction of sp³-hybridized carbons (Fsp3) is 0.391. The molecule has 0 saturated carbocycles. The van der Waals surface area contributed by atoms with E-state index in [-0.39, 0.29) is 23.3 Å². The van der Waals surface area contributed by atoms with E-state index in [1.807, 2.05) is 26.0 Å². The van der Waals surface area contributed by atoms with Crippen molar-refractivity contribution in [1.29, 1.82) is 0 Å². The molecule has 0 spiro atoms. The molecule has 2 aromatic rings. The van der Waals surface area contributed by atoms with Gasteiger partial charge in [0.1, 0.15) is 0 Å². The number of rotatable bonds is 11. The molecule has 0 unspecified atom stereocenters. The quantitative estimate of drug-likeness (QED) is 0.473. The second-order valence-corrected chi connectivity index (χ2v) is 9.23. The number of carbonyl (C=O) groups is 2. The number of nitrogens with one attached hydrogen (secondary N) is 3. The van der Waals surface area contributed by atoms with E-state index in [9.17, 15) is 18.0 Å². The van der Waals surface area contributed by atoms with Crippen molar-refractivity contribution in [1.82, 2.24) is 4.31 Å². The molecular weight excluding hydrogens is 428 g/mol. The lowest BCUT2D eigenvalue weighted by atomic mass is 10.1. The Kier molecular flexibility index (Phi) is 9.22. The van der Waals surface area contributed by atoms with Gasteiger partial charge in [0.05, 0.1) is 11.4 Å². The van der Waals surface area contributed by atoms with Gasteiger partial charge in [-0.2, -0.15) is 4.31 Å². The third kappa shape index (κ3) is 6.54. The SMILES string of the molecule is CCCC(=O)Nc1cccc(NCC(=O)Nc2cccc(S(=O)(=O)N(CC)CC)c2)c1C. The van der Waals surface area contributed by atoms with Gasteiger partial charge in [-0.25, -0.2) is 8.42 Å². The van der Waals surface area contributed by atoms with Crippen LogP contribution >= 0.6 is 0 Å². The molecule has 0 radical (unpaired) electrons. The molecule has 0 heterocycles. The van der Waals surface area contributed by atoms with Crippen LogP contribution in [-0.4, -0.2) is 44.2 Å². The molecule has 9 heteroatoms. The minimum atomic E-state index is -3.61. The number of hydrogen-bond acceptors (Lipinski definition) is 5. The van der Waals surface area contributed by atoms with Crippen LogP contribution in [0.2, 0.25) is 0 Å². The minimum Gasteiger partial charge on any atom is -0.376 e. The zero-order valence-corrected chi connectivity index (χ0v) is 19.9. The molecule has 32 heavy (non-hydrogen) atoms. The lowest BCUT2D eigenvalue weighted by Crippen LogP contribution is -2.30. The molecule has 0 fully saturated rings. The third-order valence-corrected chi connectivity index (χ3v) is 7.03. The second-order valence-electron chi connectivity index (χ2n) is 7.30. The molecule has 174 valence electrons. The van der Waals surface area contributed by atoms with Crippen LogP contribution in [-0.2, 0) is 19.6 Å². The van der Waals surface area contributed by atoms with E-state index < -0.39 is 10.0 Å². The van der Waals surface area contributed by atoms with Crippen LogP contribution in [0.3, 0.4) is 0 Å². The fourth-order valence-electron chi connectivity index (χ4n) is 3.23. The van der Waals surface area contributed by atoms with E-state index >= 15 is 0 Å². The first-order valence-corrected chi connectivity index (χ1v) is 12.2. The molecule has 0 aromatic heterocycles.